The summed E-state index contributed by atoms with van der Waals surface area (Å²) >= 11 is 0. The fourth-order valence-corrected chi connectivity index (χ4v) is 1.05. The summed E-state index contributed by atoms with van der Waals surface area (Å²) in [6.45, 7) is 0. The van der Waals surface area contributed by atoms with E-state index >= 15 is 0 Å². The molecule has 5 nitrogen and oxygen atoms in total. The first-order chi connectivity index (χ1) is 7.25. The van der Waals surface area contributed by atoms with E-state index in [9.17, 15) is 9.28 Å². The van der Waals surface area contributed by atoms with Gasteiger partial charge in [0.1, 0.15) is 0 Å². The van der Waals surface area contributed by atoms with E-state index in [-0.39, 0.29) is 5.23 Å². The normalized spacial score (nSPS) is 14.5. The van der Waals surface area contributed by atoms with E-state index in [0.29, 0.717) is 5.56 Å². The van der Waals surface area contributed by atoms with Crippen molar-refractivity contribution in [2.75, 3.05) is 0 Å². The summed E-state index contributed by atoms with van der Waals surface area (Å²) in [7, 11) is 0. The highest BCUT2D eigenvalue weighted by Gasteiger charge is 2.16. The van der Waals surface area contributed by atoms with Gasteiger partial charge in [-0.3, -0.25) is 0 Å². The number of carbonyl (C=O) groups excluding carboxylic acids is 1. The van der Waals surface area contributed by atoms with Crippen LogP contribution in [0.25, 0.3) is 0 Å². The molecule has 1 N–H and O–H groups in total. The largest absolute Gasteiger partial charge is 0.365 e. The third-order valence-electron chi connectivity index (χ3n) is 1.72. The number of hydrazine groups is 2. The van der Waals surface area contributed by atoms with Gasteiger partial charge in [0.2, 0.25) is 0 Å². The van der Waals surface area contributed by atoms with E-state index in [1.165, 1.54) is 6.20 Å². The van der Waals surface area contributed by atoms with Gasteiger partial charge < -0.3 is 4.84 Å². The fourth-order valence-electron chi connectivity index (χ4n) is 1.05. The highest BCUT2D eigenvalue weighted by Crippen LogP contribution is 2.06. The van der Waals surface area contributed by atoms with Crippen molar-refractivity contribution in [3.05, 3.63) is 48.3 Å². The predicted octanol–water partition coefficient (Wildman–Crippen LogP) is 1.15. The molecule has 0 amide bonds. The van der Waals surface area contributed by atoms with Gasteiger partial charge in [0.05, 0.1) is 18.0 Å². The number of hydroxylamine groups is 1. The van der Waals surface area contributed by atoms with Crippen LogP contribution in [0.3, 0.4) is 0 Å². The summed E-state index contributed by atoms with van der Waals surface area (Å²) in [5.74, 6) is -0.567. The van der Waals surface area contributed by atoms with Crippen molar-refractivity contribution in [1.82, 2.24) is 15.9 Å². The molecule has 78 valence electrons. The minimum absolute atomic E-state index is 0.165. The van der Waals surface area contributed by atoms with Crippen molar-refractivity contribution >= 4 is 5.97 Å². The van der Waals surface area contributed by atoms with E-state index in [1.807, 2.05) is 0 Å². The highest BCUT2D eigenvalue weighted by atomic mass is 19.2. The zero-order valence-electron chi connectivity index (χ0n) is 7.63. The van der Waals surface area contributed by atoms with Crippen molar-refractivity contribution in [2.24, 2.45) is 0 Å². The van der Waals surface area contributed by atoms with Gasteiger partial charge in [0, 0.05) is 0 Å². The van der Waals surface area contributed by atoms with Gasteiger partial charge in [-0.1, -0.05) is 28.2 Å². The summed E-state index contributed by atoms with van der Waals surface area (Å²) in [4.78, 5) is 16.2. The van der Waals surface area contributed by atoms with Gasteiger partial charge in [-0.15, -0.1) is 10.4 Å². The molecular weight excluding hydrogens is 201 g/mol. The highest BCUT2D eigenvalue weighted by molar-refractivity contribution is 5.89. The Bertz CT molecular complexity index is 382. The number of halogens is 1. The number of carbonyl (C=O) groups is 1. The topological polar surface area (TPSA) is 44.8 Å². The first-order valence-electron chi connectivity index (χ1n) is 4.22. The van der Waals surface area contributed by atoms with Crippen molar-refractivity contribution in [3.63, 3.8) is 0 Å². The standard InChI is InChI=1S/C9H8FN3O2/c10-12-6-7-13(11-12)15-9(14)8-4-2-1-3-5-8/h1-7,11H. The van der Waals surface area contributed by atoms with Crippen LogP contribution < -0.4 is 5.53 Å². The number of hydrogen-bond acceptors (Lipinski definition) is 5. The van der Waals surface area contributed by atoms with Crippen LogP contribution in [0, 0.1) is 0 Å². The lowest BCUT2D eigenvalue weighted by atomic mass is 10.2. The molecular formula is C9H8FN3O2. The lowest BCUT2D eigenvalue weighted by Crippen LogP contribution is -2.36. The van der Waals surface area contributed by atoms with Gasteiger partial charge >= 0.3 is 5.97 Å². The monoisotopic (exact) mass is 209 g/mol. The minimum atomic E-state index is -0.567. The maximum Gasteiger partial charge on any atom is 0.365 e. The summed E-state index contributed by atoms with van der Waals surface area (Å²) in [5.41, 5.74) is 2.49. The Balaban J connectivity index is 1.96. The molecule has 0 radical (unpaired) electrons. The number of rotatable bonds is 2. The zero-order chi connectivity index (χ0) is 10.7. The van der Waals surface area contributed by atoms with Crippen LogP contribution in [0.4, 0.5) is 4.48 Å². The smallest absolute Gasteiger partial charge is 0.319 e. The molecule has 1 aromatic carbocycles. The van der Waals surface area contributed by atoms with Gasteiger partial charge in [-0.05, 0) is 12.1 Å². The Kier molecular flexibility index (Phi) is 2.51. The third-order valence-corrected chi connectivity index (χ3v) is 1.72. The molecule has 0 saturated carbocycles. The molecule has 0 aromatic heterocycles. The molecule has 0 aliphatic carbocycles. The van der Waals surface area contributed by atoms with Gasteiger partial charge in [0.25, 0.3) is 0 Å². The van der Waals surface area contributed by atoms with Crippen LogP contribution >= 0.6 is 0 Å². The maximum absolute atomic E-state index is 12.4. The molecule has 1 aliphatic rings. The lowest BCUT2D eigenvalue weighted by Gasteiger charge is -2.15. The number of hydrogen-bond donors (Lipinski definition) is 1. The molecule has 1 heterocycles. The van der Waals surface area contributed by atoms with E-state index in [2.05, 4.69) is 5.53 Å². The van der Waals surface area contributed by atoms with E-state index in [0.717, 1.165) is 11.4 Å². The molecule has 6 heteroatoms. The average molecular weight is 209 g/mol. The van der Waals surface area contributed by atoms with Crippen molar-refractivity contribution in [1.29, 1.82) is 0 Å². The Labute approximate surface area is 85.2 Å². The summed E-state index contributed by atoms with van der Waals surface area (Å²) < 4.78 is 12.4. The van der Waals surface area contributed by atoms with E-state index < -0.39 is 5.97 Å². The second-order valence-corrected chi connectivity index (χ2v) is 2.78. The third kappa shape index (κ3) is 2.23. The molecule has 1 aliphatic heterocycles. The SMILES string of the molecule is O=C(ON1C=CN(F)N1)c1ccccc1. The second-order valence-electron chi connectivity index (χ2n) is 2.78. The fraction of sp³-hybridized carbons (Fsp3) is 0. The first kappa shape index (κ1) is 9.47. The van der Waals surface area contributed by atoms with Crippen molar-refractivity contribution in [2.45, 2.75) is 0 Å². The van der Waals surface area contributed by atoms with Gasteiger partial charge in [0.15, 0.2) is 0 Å². The van der Waals surface area contributed by atoms with Crippen LogP contribution in [0.5, 0.6) is 0 Å². The molecule has 1 aromatic rings. The Morgan fingerprint density at radius 2 is 2.00 bits per heavy atom. The van der Waals surface area contributed by atoms with Crippen LogP contribution in [-0.2, 0) is 4.84 Å². The van der Waals surface area contributed by atoms with E-state index in [4.69, 9.17) is 4.84 Å². The second kappa shape index (κ2) is 3.97. The van der Waals surface area contributed by atoms with Gasteiger partial charge in [-0.25, -0.2) is 4.79 Å². The van der Waals surface area contributed by atoms with Crippen LogP contribution in [0.15, 0.2) is 42.7 Å². The summed E-state index contributed by atoms with van der Waals surface area (Å²) in [6, 6.07) is 8.43. The maximum atomic E-state index is 12.4. The zero-order valence-corrected chi connectivity index (χ0v) is 7.63. The Morgan fingerprint density at radius 3 is 2.60 bits per heavy atom. The quantitative estimate of drug-likeness (QED) is 0.740. The van der Waals surface area contributed by atoms with Crippen LogP contribution in [0.2, 0.25) is 0 Å². The van der Waals surface area contributed by atoms with Crippen LogP contribution in [-0.4, -0.2) is 16.4 Å². The molecule has 0 spiro atoms. The lowest BCUT2D eigenvalue weighted by molar-refractivity contribution is -0.167. The molecule has 2 rings (SSSR count). The van der Waals surface area contributed by atoms with Crippen LogP contribution in [0.1, 0.15) is 10.4 Å². The van der Waals surface area contributed by atoms with Gasteiger partial charge in [-0.2, -0.15) is 0 Å². The number of nitrogens with one attached hydrogen (secondary N) is 1. The summed E-state index contributed by atoms with van der Waals surface area (Å²) in [6.07, 6.45) is 2.30. The predicted molar refractivity (Wildman–Crippen MR) is 48.9 cm³/mol. The average Bonchev–Trinajstić information content (AvgIpc) is 2.65. The Morgan fingerprint density at radius 1 is 1.27 bits per heavy atom. The molecule has 15 heavy (non-hydrogen) atoms. The summed E-state index contributed by atoms with van der Waals surface area (Å²) in [5, 5.41) is 1.04. The van der Waals surface area contributed by atoms with E-state index in [1.54, 1.807) is 30.3 Å². The number of nitrogens with zero attached hydrogens (tertiary/aromatic N) is 2. The molecule has 0 bridgehead atoms. The molecule has 0 fully saturated rings. The first-order valence-corrected chi connectivity index (χ1v) is 4.22. The number of benzene rings is 1. The van der Waals surface area contributed by atoms with Crippen molar-refractivity contribution < 1.29 is 14.1 Å². The minimum Gasteiger partial charge on any atom is -0.319 e. The molecule has 0 atom stereocenters. The van der Waals surface area contributed by atoms with Crippen molar-refractivity contribution in [3.8, 4) is 0 Å². The molecule has 0 saturated heterocycles. The Hall–Kier alpha value is -2.08. The molecule has 0 unspecified atom stereocenters.